The Kier molecular flexibility index (Phi) is 2.87. The van der Waals surface area contributed by atoms with Gasteiger partial charge in [-0.3, -0.25) is 4.57 Å². The number of para-hydroxylation sites is 2. The first kappa shape index (κ1) is 12.0. The molecule has 0 saturated heterocycles. The topological polar surface area (TPSA) is 38.3 Å². The summed E-state index contributed by atoms with van der Waals surface area (Å²) in [5.74, 6) is 0.303. The van der Waals surface area contributed by atoms with E-state index in [0.717, 1.165) is 22.2 Å². The molecule has 96 valence electrons. The van der Waals surface area contributed by atoms with Crippen LogP contribution in [0, 0.1) is 11.8 Å². The Morgan fingerprint density at radius 3 is 2.79 bits per heavy atom. The van der Waals surface area contributed by atoms with Crippen LogP contribution in [0.25, 0.3) is 11.1 Å². The van der Waals surface area contributed by atoms with Crippen molar-refractivity contribution in [2.75, 3.05) is 0 Å². The summed E-state index contributed by atoms with van der Waals surface area (Å²) < 4.78 is 7.47. The zero-order valence-corrected chi connectivity index (χ0v) is 11.3. The average Bonchev–Trinajstić information content (AvgIpc) is 2.71. The second-order valence-corrected chi connectivity index (χ2v) is 4.89. The molecular weight excluding hydrogens is 258 g/mol. The first-order chi connectivity index (χ1) is 9.15. The Balaban J connectivity index is 2.08. The van der Waals surface area contributed by atoms with Gasteiger partial charge in [0.25, 0.3) is 4.84 Å². The van der Waals surface area contributed by atoms with Gasteiger partial charge in [-0.25, -0.2) is 0 Å². The fourth-order valence-electron chi connectivity index (χ4n) is 2.10. The van der Waals surface area contributed by atoms with Crippen molar-refractivity contribution in [3.05, 3.63) is 58.4 Å². The standard InChI is InChI=1S/C15H13NO2S/c1-10-6-7-11(8-13(10)17)9-16-12-4-2-3-5-14(12)18-15(16)19/h2-8,17H,9H2,1H3. The Hall–Kier alpha value is -2.07. The second kappa shape index (κ2) is 4.55. The van der Waals surface area contributed by atoms with Crippen LogP contribution >= 0.6 is 12.2 Å². The molecule has 3 nitrogen and oxygen atoms in total. The molecule has 0 saturated carbocycles. The molecule has 0 aliphatic carbocycles. The average molecular weight is 271 g/mol. The number of rotatable bonds is 2. The molecular formula is C15H13NO2S. The van der Waals surface area contributed by atoms with Crippen LogP contribution in [-0.2, 0) is 6.54 Å². The molecule has 1 aromatic heterocycles. The molecule has 3 aromatic rings. The van der Waals surface area contributed by atoms with Gasteiger partial charge in [-0.1, -0.05) is 24.3 Å². The van der Waals surface area contributed by atoms with Gasteiger partial charge >= 0.3 is 0 Å². The molecule has 0 spiro atoms. The van der Waals surface area contributed by atoms with E-state index in [0.29, 0.717) is 17.1 Å². The van der Waals surface area contributed by atoms with Crippen LogP contribution in [0.2, 0.25) is 0 Å². The van der Waals surface area contributed by atoms with E-state index in [2.05, 4.69) is 0 Å². The lowest BCUT2D eigenvalue weighted by Gasteiger charge is -2.06. The molecule has 0 fully saturated rings. The van der Waals surface area contributed by atoms with Crippen molar-refractivity contribution in [1.82, 2.24) is 4.57 Å². The summed E-state index contributed by atoms with van der Waals surface area (Å²) in [4.78, 5) is 0.446. The van der Waals surface area contributed by atoms with Crippen LogP contribution in [-0.4, -0.2) is 9.67 Å². The Morgan fingerprint density at radius 2 is 2.00 bits per heavy atom. The van der Waals surface area contributed by atoms with Crippen molar-refractivity contribution in [2.45, 2.75) is 13.5 Å². The zero-order chi connectivity index (χ0) is 13.4. The van der Waals surface area contributed by atoms with Gasteiger partial charge in [0.15, 0.2) is 5.58 Å². The number of phenols is 1. The van der Waals surface area contributed by atoms with E-state index < -0.39 is 0 Å². The van der Waals surface area contributed by atoms with Gasteiger partial charge in [-0.15, -0.1) is 0 Å². The number of hydrogen-bond acceptors (Lipinski definition) is 3. The number of aromatic hydroxyl groups is 1. The van der Waals surface area contributed by atoms with E-state index in [4.69, 9.17) is 16.6 Å². The van der Waals surface area contributed by atoms with Gasteiger partial charge < -0.3 is 9.52 Å². The number of aryl methyl sites for hydroxylation is 1. The van der Waals surface area contributed by atoms with Crippen LogP contribution < -0.4 is 0 Å². The summed E-state index contributed by atoms with van der Waals surface area (Å²) in [6.45, 7) is 2.46. The highest BCUT2D eigenvalue weighted by molar-refractivity contribution is 7.71. The predicted octanol–water partition coefficient (Wildman–Crippen LogP) is 4.03. The van der Waals surface area contributed by atoms with Crippen LogP contribution in [0.15, 0.2) is 46.9 Å². The minimum absolute atomic E-state index is 0.303. The first-order valence-corrected chi connectivity index (χ1v) is 6.43. The monoisotopic (exact) mass is 271 g/mol. The second-order valence-electron chi connectivity index (χ2n) is 4.54. The van der Waals surface area contributed by atoms with E-state index in [1.807, 2.05) is 47.9 Å². The summed E-state index contributed by atoms with van der Waals surface area (Å²) in [6.07, 6.45) is 0. The highest BCUT2D eigenvalue weighted by atomic mass is 32.1. The van der Waals surface area contributed by atoms with Gasteiger partial charge in [0.1, 0.15) is 5.75 Å². The van der Waals surface area contributed by atoms with Crippen molar-refractivity contribution in [3.63, 3.8) is 0 Å². The summed E-state index contributed by atoms with van der Waals surface area (Å²) in [6, 6.07) is 13.4. The maximum absolute atomic E-state index is 9.75. The lowest BCUT2D eigenvalue weighted by Crippen LogP contribution is -1.99. The van der Waals surface area contributed by atoms with E-state index >= 15 is 0 Å². The number of nitrogens with zero attached hydrogens (tertiary/aromatic N) is 1. The summed E-state index contributed by atoms with van der Waals surface area (Å²) >= 11 is 5.24. The van der Waals surface area contributed by atoms with Crippen molar-refractivity contribution in [2.24, 2.45) is 0 Å². The fourth-order valence-corrected chi connectivity index (χ4v) is 2.35. The van der Waals surface area contributed by atoms with Gasteiger partial charge in [0.2, 0.25) is 0 Å². The lowest BCUT2D eigenvalue weighted by molar-refractivity contribution is 0.469. The van der Waals surface area contributed by atoms with E-state index in [1.54, 1.807) is 6.07 Å². The highest BCUT2D eigenvalue weighted by Gasteiger charge is 2.07. The van der Waals surface area contributed by atoms with Crippen LogP contribution in [0.4, 0.5) is 0 Å². The van der Waals surface area contributed by atoms with E-state index in [9.17, 15) is 5.11 Å². The molecule has 19 heavy (non-hydrogen) atoms. The normalized spacial score (nSPS) is 11.0. The number of fused-ring (bicyclic) bond motifs is 1. The quantitative estimate of drug-likeness (QED) is 0.715. The molecule has 2 aromatic carbocycles. The number of oxazole rings is 1. The molecule has 0 amide bonds. The first-order valence-electron chi connectivity index (χ1n) is 6.02. The predicted molar refractivity (Wildman–Crippen MR) is 77.0 cm³/mol. The maximum atomic E-state index is 9.75. The van der Waals surface area contributed by atoms with Crippen molar-refractivity contribution < 1.29 is 9.52 Å². The van der Waals surface area contributed by atoms with Crippen LogP contribution in [0.1, 0.15) is 11.1 Å². The molecule has 0 aliphatic rings. The SMILES string of the molecule is Cc1ccc(Cn2c(=S)oc3ccccc32)cc1O. The maximum Gasteiger partial charge on any atom is 0.269 e. The number of aromatic nitrogens is 1. The Morgan fingerprint density at radius 1 is 1.21 bits per heavy atom. The molecule has 0 atom stereocenters. The van der Waals surface area contributed by atoms with Crippen molar-refractivity contribution in [1.29, 1.82) is 0 Å². The summed E-state index contributed by atoms with van der Waals surface area (Å²) in [7, 11) is 0. The minimum Gasteiger partial charge on any atom is -0.508 e. The third-order valence-corrected chi connectivity index (χ3v) is 3.49. The molecule has 1 heterocycles. The summed E-state index contributed by atoms with van der Waals surface area (Å²) in [5.41, 5.74) is 3.60. The third kappa shape index (κ3) is 2.15. The van der Waals surface area contributed by atoms with Gasteiger partial charge in [0, 0.05) is 0 Å². The number of benzene rings is 2. The van der Waals surface area contributed by atoms with E-state index in [1.165, 1.54) is 0 Å². The van der Waals surface area contributed by atoms with Gasteiger partial charge in [0.05, 0.1) is 12.1 Å². The Labute approximate surface area is 115 Å². The van der Waals surface area contributed by atoms with Crippen molar-refractivity contribution in [3.8, 4) is 5.75 Å². The van der Waals surface area contributed by atoms with Crippen LogP contribution in [0.3, 0.4) is 0 Å². The van der Waals surface area contributed by atoms with E-state index in [-0.39, 0.29) is 0 Å². The third-order valence-electron chi connectivity index (χ3n) is 3.19. The molecule has 0 radical (unpaired) electrons. The lowest BCUT2D eigenvalue weighted by atomic mass is 10.1. The zero-order valence-electron chi connectivity index (χ0n) is 10.5. The molecule has 3 rings (SSSR count). The molecule has 4 heteroatoms. The fraction of sp³-hybridized carbons (Fsp3) is 0.133. The smallest absolute Gasteiger partial charge is 0.269 e. The molecule has 0 unspecified atom stereocenters. The Bertz CT molecular complexity index is 801. The van der Waals surface area contributed by atoms with Crippen molar-refractivity contribution >= 4 is 23.3 Å². The number of hydrogen-bond donors (Lipinski definition) is 1. The summed E-state index contributed by atoms with van der Waals surface area (Å²) in [5, 5.41) is 9.75. The van der Waals surface area contributed by atoms with Gasteiger partial charge in [-0.05, 0) is 48.5 Å². The van der Waals surface area contributed by atoms with Gasteiger partial charge in [-0.2, -0.15) is 0 Å². The molecule has 0 aliphatic heterocycles. The van der Waals surface area contributed by atoms with Crippen LogP contribution in [0.5, 0.6) is 5.75 Å². The largest absolute Gasteiger partial charge is 0.508 e. The molecule has 1 N–H and O–H groups in total. The molecule has 0 bridgehead atoms. The highest BCUT2D eigenvalue weighted by Crippen LogP contribution is 2.21. The minimum atomic E-state index is 0.303. The number of phenolic OH excluding ortho intramolecular Hbond substituents is 1.